The summed E-state index contributed by atoms with van der Waals surface area (Å²) in [5.41, 5.74) is 0. The van der Waals surface area contributed by atoms with Crippen molar-refractivity contribution in [3.05, 3.63) is 21.9 Å². The SMILES string of the molecule is CCOC(C(O)Cc1ccc(CC)s1)C1CCCCC1. The Morgan fingerprint density at radius 2 is 1.90 bits per heavy atom. The minimum Gasteiger partial charge on any atom is -0.390 e. The first-order chi connectivity index (χ1) is 9.74. The lowest BCUT2D eigenvalue weighted by atomic mass is 9.82. The molecule has 1 N–H and O–H groups in total. The van der Waals surface area contributed by atoms with Crippen LogP contribution in [0, 0.1) is 5.92 Å². The summed E-state index contributed by atoms with van der Waals surface area (Å²) < 4.78 is 5.90. The summed E-state index contributed by atoms with van der Waals surface area (Å²) >= 11 is 1.83. The van der Waals surface area contributed by atoms with Crippen molar-refractivity contribution in [1.29, 1.82) is 0 Å². The van der Waals surface area contributed by atoms with Gasteiger partial charge in [0.2, 0.25) is 0 Å². The molecular weight excluding hydrogens is 268 g/mol. The molecule has 2 nitrogen and oxygen atoms in total. The smallest absolute Gasteiger partial charge is 0.0865 e. The van der Waals surface area contributed by atoms with Crippen LogP contribution >= 0.6 is 11.3 Å². The topological polar surface area (TPSA) is 29.5 Å². The van der Waals surface area contributed by atoms with Gasteiger partial charge in [-0.15, -0.1) is 11.3 Å². The maximum atomic E-state index is 10.6. The van der Waals surface area contributed by atoms with Crippen LogP contribution in [0.15, 0.2) is 12.1 Å². The van der Waals surface area contributed by atoms with Gasteiger partial charge in [-0.1, -0.05) is 26.2 Å². The van der Waals surface area contributed by atoms with Gasteiger partial charge in [-0.2, -0.15) is 0 Å². The van der Waals surface area contributed by atoms with Crippen molar-refractivity contribution in [2.75, 3.05) is 6.61 Å². The summed E-state index contributed by atoms with van der Waals surface area (Å²) in [4.78, 5) is 2.69. The van der Waals surface area contributed by atoms with Crippen molar-refractivity contribution in [2.24, 2.45) is 5.92 Å². The molecule has 2 atom stereocenters. The summed E-state index contributed by atoms with van der Waals surface area (Å²) in [6, 6.07) is 4.35. The Morgan fingerprint density at radius 1 is 1.20 bits per heavy atom. The normalized spacial score (nSPS) is 19.9. The third-order valence-corrected chi connectivity index (χ3v) is 5.58. The predicted octanol–water partition coefficient (Wildman–Crippen LogP) is 4.20. The number of aliphatic hydroxyl groups excluding tert-OH is 1. The second-order valence-electron chi connectivity index (χ2n) is 5.81. The zero-order valence-corrected chi connectivity index (χ0v) is 13.6. The fourth-order valence-electron chi connectivity index (χ4n) is 3.26. The standard InChI is InChI=1S/C17H28O2S/c1-3-14-10-11-15(20-14)12-16(18)17(19-4-2)13-8-6-5-7-9-13/h10-11,13,16-18H,3-9,12H2,1-2H3. The molecule has 20 heavy (non-hydrogen) atoms. The van der Waals surface area contributed by atoms with Crippen molar-refractivity contribution in [3.8, 4) is 0 Å². The molecule has 2 unspecified atom stereocenters. The zero-order valence-electron chi connectivity index (χ0n) is 12.8. The third kappa shape index (κ3) is 4.31. The van der Waals surface area contributed by atoms with E-state index in [0.717, 1.165) is 12.8 Å². The van der Waals surface area contributed by atoms with Crippen molar-refractivity contribution in [1.82, 2.24) is 0 Å². The van der Waals surface area contributed by atoms with Crippen molar-refractivity contribution < 1.29 is 9.84 Å². The van der Waals surface area contributed by atoms with Gasteiger partial charge in [0.05, 0.1) is 12.2 Å². The van der Waals surface area contributed by atoms with E-state index < -0.39 is 0 Å². The molecule has 1 heterocycles. The Kier molecular flexibility index (Phi) is 6.53. The summed E-state index contributed by atoms with van der Waals surface area (Å²) in [6.07, 6.45) is 7.84. The lowest BCUT2D eigenvalue weighted by Crippen LogP contribution is -2.38. The van der Waals surface area contributed by atoms with E-state index in [2.05, 4.69) is 19.1 Å². The summed E-state index contributed by atoms with van der Waals surface area (Å²) in [5, 5.41) is 10.6. The average Bonchev–Trinajstić information content (AvgIpc) is 2.93. The highest BCUT2D eigenvalue weighted by atomic mass is 32.1. The highest BCUT2D eigenvalue weighted by molar-refractivity contribution is 7.11. The van der Waals surface area contributed by atoms with Crippen LogP contribution in [0.5, 0.6) is 0 Å². The van der Waals surface area contributed by atoms with Gasteiger partial charge in [0.15, 0.2) is 0 Å². The second-order valence-corrected chi connectivity index (χ2v) is 7.06. The molecule has 1 saturated carbocycles. The molecule has 3 heteroatoms. The fraction of sp³-hybridized carbons (Fsp3) is 0.765. The number of ether oxygens (including phenoxy) is 1. The summed E-state index contributed by atoms with van der Waals surface area (Å²) in [7, 11) is 0. The summed E-state index contributed by atoms with van der Waals surface area (Å²) in [6.45, 7) is 4.91. The van der Waals surface area contributed by atoms with Crippen molar-refractivity contribution in [2.45, 2.75) is 71.0 Å². The molecule has 1 aromatic rings. The van der Waals surface area contributed by atoms with Crippen LogP contribution in [0.3, 0.4) is 0 Å². The van der Waals surface area contributed by atoms with Gasteiger partial charge in [0.25, 0.3) is 0 Å². The molecule has 1 aliphatic rings. The van der Waals surface area contributed by atoms with Gasteiger partial charge >= 0.3 is 0 Å². The van der Waals surface area contributed by atoms with E-state index >= 15 is 0 Å². The summed E-state index contributed by atoms with van der Waals surface area (Å²) in [5.74, 6) is 0.546. The van der Waals surface area contributed by atoms with E-state index in [0.29, 0.717) is 12.5 Å². The number of thiophene rings is 1. The fourth-order valence-corrected chi connectivity index (χ4v) is 4.27. The molecular formula is C17H28O2S. The van der Waals surface area contributed by atoms with Crippen LogP contribution in [-0.4, -0.2) is 23.9 Å². The Labute approximate surface area is 127 Å². The van der Waals surface area contributed by atoms with Crippen LogP contribution in [0.4, 0.5) is 0 Å². The van der Waals surface area contributed by atoms with Crippen LogP contribution in [0.1, 0.15) is 55.7 Å². The quantitative estimate of drug-likeness (QED) is 0.817. The molecule has 0 amide bonds. The molecule has 0 saturated heterocycles. The predicted molar refractivity (Wildman–Crippen MR) is 85.4 cm³/mol. The highest BCUT2D eigenvalue weighted by Gasteiger charge is 2.30. The molecule has 0 aliphatic heterocycles. The number of aliphatic hydroxyl groups is 1. The molecule has 1 aromatic heterocycles. The van der Waals surface area contributed by atoms with Crippen LogP contribution in [0.25, 0.3) is 0 Å². The first kappa shape index (κ1) is 16.0. The van der Waals surface area contributed by atoms with E-state index in [-0.39, 0.29) is 12.2 Å². The minimum atomic E-state index is -0.360. The minimum absolute atomic E-state index is 0.0208. The van der Waals surface area contributed by atoms with Crippen LogP contribution in [-0.2, 0) is 17.6 Å². The van der Waals surface area contributed by atoms with Crippen molar-refractivity contribution >= 4 is 11.3 Å². The lowest BCUT2D eigenvalue weighted by Gasteiger charge is -2.33. The third-order valence-electron chi connectivity index (χ3n) is 4.33. The Bertz CT molecular complexity index is 382. The molecule has 114 valence electrons. The molecule has 0 spiro atoms. The van der Waals surface area contributed by atoms with E-state index in [9.17, 15) is 5.11 Å². The van der Waals surface area contributed by atoms with Gasteiger partial charge in [0.1, 0.15) is 0 Å². The number of hydrogen-bond donors (Lipinski definition) is 1. The van der Waals surface area contributed by atoms with Gasteiger partial charge in [-0.05, 0) is 44.2 Å². The first-order valence-corrected chi connectivity index (χ1v) is 8.93. The molecule has 1 fully saturated rings. The maximum absolute atomic E-state index is 10.6. The van der Waals surface area contributed by atoms with Gasteiger partial charge in [-0.25, -0.2) is 0 Å². The number of rotatable bonds is 7. The number of aryl methyl sites for hydroxylation is 1. The van der Waals surface area contributed by atoms with Crippen molar-refractivity contribution in [3.63, 3.8) is 0 Å². The number of hydrogen-bond acceptors (Lipinski definition) is 3. The molecule has 0 bridgehead atoms. The molecule has 0 radical (unpaired) electrons. The van der Waals surface area contributed by atoms with Crippen LogP contribution < -0.4 is 0 Å². The van der Waals surface area contributed by atoms with Gasteiger partial charge < -0.3 is 9.84 Å². The lowest BCUT2D eigenvalue weighted by molar-refractivity contribution is -0.0713. The molecule has 1 aliphatic carbocycles. The van der Waals surface area contributed by atoms with Crippen LogP contribution in [0.2, 0.25) is 0 Å². The Hall–Kier alpha value is -0.380. The van der Waals surface area contributed by atoms with E-state index in [1.54, 1.807) is 0 Å². The first-order valence-electron chi connectivity index (χ1n) is 8.11. The van der Waals surface area contributed by atoms with Gasteiger partial charge in [0, 0.05) is 22.8 Å². The second kappa shape index (κ2) is 8.16. The Morgan fingerprint density at radius 3 is 2.50 bits per heavy atom. The van der Waals surface area contributed by atoms with Gasteiger partial charge in [-0.3, -0.25) is 0 Å². The monoisotopic (exact) mass is 296 g/mol. The van der Waals surface area contributed by atoms with E-state index in [1.165, 1.54) is 41.9 Å². The van der Waals surface area contributed by atoms with E-state index in [1.807, 2.05) is 18.3 Å². The molecule has 0 aromatic carbocycles. The largest absolute Gasteiger partial charge is 0.390 e. The van der Waals surface area contributed by atoms with E-state index in [4.69, 9.17) is 4.74 Å². The Balaban J connectivity index is 1.96. The highest BCUT2D eigenvalue weighted by Crippen LogP contribution is 2.31. The molecule has 2 rings (SSSR count). The zero-order chi connectivity index (χ0) is 14.4. The maximum Gasteiger partial charge on any atom is 0.0865 e. The average molecular weight is 296 g/mol.